The maximum absolute atomic E-state index is 13.8. The van der Waals surface area contributed by atoms with Gasteiger partial charge >= 0.3 is 17.9 Å². The highest BCUT2D eigenvalue weighted by Crippen LogP contribution is 2.72. The van der Waals surface area contributed by atoms with Gasteiger partial charge in [0.2, 0.25) is 0 Å². The number of fused-ring (bicyclic) bond motifs is 3. The van der Waals surface area contributed by atoms with Crippen LogP contribution in [0, 0.1) is 34.0 Å². The van der Waals surface area contributed by atoms with Gasteiger partial charge in [-0.25, -0.2) is 0 Å². The Morgan fingerprint density at radius 1 is 0.853 bits per heavy atom. The number of rotatable bonds is 3. The maximum Gasteiger partial charge on any atom is 0.302 e. The topological polar surface area (TPSA) is 116 Å². The SMILES string of the molecule is C=C1C(=O)C23C(OC(C)=O)CC4C(C)(C)C(OC(C)=O)CC(OC(C)=O)C4(C)C2CCC1C3O. The first kappa shape index (κ1) is 24.9. The zero-order chi connectivity index (χ0) is 25.4. The van der Waals surface area contributed by atoms with Crippen molar-refractivity contribution < 1.29 is 38.5 Å². The fourth-order valence-corrected chi connectivity index (χ4v) is 8.33. The van der Waals surface area contributed by atoms with Crippen LogP contribution in [0.2, 0.25) is 0 Å². The van der Waals surface area contributed by atoms with Crippen LogP contribution in [-0.2, 0) is 33.4 Å². The molecule has 4 aliphatic carbocycles. The van der Waals surface area contributed by atoms with Crippen molar-refractivity contribution >= 4 is 23.7 Å². The van der Waals surface area contributed by atoms with Crippen molar-refractivity contribution in [2.45, 2.75) is 91.6 Å². The Morgan fingerprint density at radius 3 is 1.94 bits per heavy atom. The molecule has 9 unspecified atom stereocenters. The third-order valence-electron chi connectivity index (χ3n) is 9.60. The summed E-state index contributed by atoms with van der Waals surface area (Å²) in [4.78, 5) is 50.2. The number of hydrogen-bond acceptors (Lipinski definition) is 8. The molecule has 4 aliphatic rings. The molecule has 8 nitrogen and oxygen atoms in total. The Morgan fingerprint density at radius 2 is 1.38 bits per heavy atom. The van der Waals surface area contributed by atoms with Gasteiger partial charge in [0.1, 0.15) is 23.7 Å². The van der Waals surface area contributed by atoms with Crippen molar-refractivity contribution in [3.8, 4) is 0 Å². The van der Waals surface area contributed by atoms with Crippen molar-refractivity contribution in [1.82, 2.24) is 0 Å². The number of aliphatic hydroxyl groups is 1. The average molecular weight is 477 g/mol. The molecule has 0 aromatic carbocycles. The van der Waals surface area contributed by atoms with E-state index in [0.29, 0.717) is 24.8 Å². The Kier molecular flexibility index (Phi) is 5.78. The van der Waals surface area contributed by atoms with Crippen LogP contribution in [0.25, 0.3) is 0 Å². The van der Waals surface area contributed by atoms with Crippen LogP contribution in [-0.4, -0.2) is 53.2 Å². The summed E-state index contributed by atoms with van der Waals surface area (Å²) < 4.78 is 17.4. The molecule has 1 spiro atoms. The van der Waals surface area contributed by atoms with E-state index in [0.717, 1.165) is 0 Å². The molecule has 0 aromatic heterocycles. The van der Waals surface area contributed by atoms with Crippen LogP contribution in [0.5, 0.6) is 0 Å². The van der Waals surface area contributed by atoms with E-state index >= 15 is 0 Å². The minimum absolute atomic E-state index is 0.229. The smallest absolute Gasteiger partial charge is 0.302 e. The van der Waals surface area contributed by atoms with E-state index in [1.165, 1.54) is 20.8 Å². The standard InChI is InChI=1S/C26H36O8/c1-12-16-8-9-17-25(7)18(10-21(34-15(4)29)26(17,22(12)30)23(16)31)24(5,6)19(32-13(2)27)11-20(25)33-14(3)28/h16-21,23,31H,1,8-11H2,2-7H3. The summed E-state index contributed by atoms with van der Waals surface area (Å²) in [7, 11) is 0. The van der Waals surface area contributed by atoms with Crippen LogP contribution >= 0.6 is 0 Å². The minimum atomic E-state index is -1.33. The Hall–Kier alpha value is -2.22. The van der Waals surface area contributed by atoms with Crippen LogP contribution in [0.1, 0.15) is 67.2 Å². The number of aliphatic hydroxyl groups excluding tert-OH is 1. The highest BCUT2D eigenvalue weighted by Gasteiger charge is 2.77. The molecule has 188 valence electrons. The van der Waals surface area contributed by atoms with Gasteiger partial charge in [-0.05, 0) is 36.7 Å². The van der Waals surface area contributed by atoms with Gasteiger partial charge < -0.3 is 19.3 Å². The summed E-state index contributed by atoms with van der Waals surface area (Å²) in [5.74, 6) is -2.68. The van der Waals surface area contributed by atoms with Crippen LogP contribution in [0.4, 0.5) is 0 Å². The highest BCUT2D eigenvalue weighted by molar-refractivity contribution is 6.04. The zero-order valence-corrected chi connectivity index (χ0v) is 20.9. The van der Waals surface area contributed by atoms with Gasteiger partial charge in [0.25, 0.3) is 0 Å². The normalized spacial score (nSPS) is 44.5. The van der Waals surface area contributed by atoms with E-state index < -0.39 is 64.5 Å². The Bertz CT molecular complexity index is 952. The van der Waals surface area contributed by atoms with Gasteiger partial charge in [0.05, 0.1) is 6.10 Å². The lowest BCUT2D eigenvalue weighted by Crippen LogP contribution is -2.72. The maximum atomic E-state index is 13.8. The first-order valence-corrected chi connectivity index (χ1v) is 12.1. The van der Waals surface area contributed by atoms with Crippen LogP contribution in [0.15, 0.2) is 12.2 Å². The van der Waals surface area contributed by atoms with Gasteiger partial charge in [-0.2, -0.15) is 0 Å². The van der Waals surface area contributed by atoms with Gasteiger partial charge in [0.15, 0.2) is 5.78 Å². The molecule has 9 atom stereocenters. The van der Waals surface area contributed by atoms with E-state index in [9.17, 15) is 24.3 Å². The van der Waals surface area contributed by atoms with Gasteiger partial charge in [-0.1, -0.05) is 27.4 Å². The van der Waals surface area contributed by atoms with Crippen molar-refractivity contribution in [2.24, 2.45) is 34.0 Å². The first-order chi connectivity index (χ1) is 15.7. The first-order valence-electron chi connectivity index (χ1n) is 12.1. The summed E-state index contributed by atoms with van der Waals surface area (Å²) in [5, 5.41) is 11.5. The molecule has 4 fully saturated rings. The van der Waals surface area contributed by atoms with Gasteiger partial charge in [-0.15, -0.1) is 0 Å². The second-order valence-corrected chi connectivity index (χ2v) is 11.5. The molecule has 0 saturated heterocycles. The molecule has 0 aliphatic heterocycles. The molecule has 4 rings (SSSR count). The number of hydrogen-bond donors (Lipinski definition) is 1. The largest absolute Gasteiger partial charge is 0.462 e. The van der Waals surface area contributed by atoms with E-state index in [1.54, 1.807) is 0 Å². The van der Waals surface area contributed by atoms with Crippen LogP contribution < -0.4 is 0 Å². The highest BCUT2D eigenvalue weighted by atomic mass is 16.6. The van der Waals surface area contributed by atoms with Gasteiger partial charge in [-0.3, -0.25) is 19.2 Å². The lowest BCUT2D eigenvalue weighted by Gasteiger charge is -2.67. The van der Waals surface area contributed by atoms with Crippen molar-refractivity contribution in [3.05, 3.63) is 12.2 Å². The summed E-state index contributed by atoms with van der Waals surface area (Å²) in [6.07, 6.45) is -1.31. The van der Waals surface area contributed by atoms with E-state index in [2.05, 4.69) is 6.58 Å². The molecule has 0 aromatic rings. The number of ether oxygens (including phenoxy) is 3. The number of ketones is 1. The fourth-order valence-electron chi connectivity index (χ4n) is 8.33. The molecule has 2 bridgehead atoms. The van der Waals surface area contributed by atoms with E-state index in [1.807, 2.05) is 20.8 Å². The Labute approximate surface area is 200 Å². The predicted octanol–water partition coefficient (Wildman–Crippen LogP) is 2.75. The van der Waals surface area contributed by atoms with Crippen molar-refractivity contribution in [1.29, 1.82) is 0 Å². The number of carbonyl (C=O) groups is 4. The number of carbonyl (C=O) groups excluding carboxylic acids is 4. The molecule has 0 amide bonds. The summed E-state index contributed by atoms with van der Waals surface area (Å²) in [6, 6.07) is 0. The van der Waals surface area contributed by atoms with Crippen molar-refractivity contribution in [2.75, 3.05) is 0 Å². The van der Waals surface area contributed by atoms with Crippen LogP contribution in [0.3, 0.4) is 0 Å². The second-order valence-electron chi connectivity index (χ2n) is 11.5. The average Bonchev–Trinajstić information content (AvgIpc) is 2.81. The molecular weight excluding hydrogens is 440 g/mol. The summed E-state index contributed by atoms with van der Waals surface area (Å²) in [5.41, 5.74) is -2.25. The van der Waals surface area contributed by atoms with E-state index in [-0.39, 0.29) is 24.0 Å². The molecule has 4 saturated carbocycles. The molecule has 1 N–H and O–H groups in total. The third kappa shape index (κ3) is 3.13. The van der Waals surface area contributed by atoms with Crippen molar-refractivity contribution in [3.63, 3.8) is 0 Å². The quantitative estimate of drug-likeness (QED) is 0.376. The molecule has 0 radical (unpaired) electrons. The lowest BCUT2D eigenvalue weighted by atomic mass is 9.38. The predicted molar refractivity (Wildman–Crippen MR) is 120 cm³/mol. The minimum Gasteiger partial charge on any atom is -0.462 e. The van der Waals surface area contributed by atoms with E-state index in [4.69, 9.17) is 14.2 Å². The number of esters is 3. The van der Waals surface area contributed by atoms with Gasteiger partial charge in [0, 0.05) is 43.9 Å². The molecule has 8 heteroatoms. The number of Topliss-reactive ketones (excluding diaryl/α,β-unsaturated/α-hetero) is 1. The zero-order valence-electron chi connectivity index (χ0n) is 20.9. The monoisotopic (exact) mass is 476 g/mol. The Balaban J connectivity index is 1.92. The lowest BCUT2D eigenvalue weighted by molar-refractivity contribution is -0.275. The summed E-state index contributed by atoms with van der Waals surface area (Å²) in [6.45, 7) is 14.0. The fraction of sp³-hybridized carbons (Fsp3) is 0.769. The second kappa shape index (κ2) is 7.90. The summed E-state index contributed by atoms with van der Waals surface area (Å²) >= 11 is 0. The molecule has 34 heavy (non-hydrogen) atoms. The third-order valence-corrected chi connectivity index (χ3v) is 9.60. The molecule has 0 heterocycles. The molecular formula is C26H36O8.